The summed E-state index contributed by atoms with van der Waals surface area (Å²) in [4.78, 5) is 9.28. The van der Waals surface area contributed by atoms with Crippen molar-refractivity contribution >= 4 is 28.4 Å². The molecule has 1 unspecified atom stereocenters. The Morgan fingerprint density at radius 3 is 2.71 bits per heavy atom. The van der Waals surface area contributed by atoms with Gasteiger partial charge >= 0.3 is 0 Å². The number of nitrogens with one attached hydrogen (secondary N) is 2. The van der Waals surface area contributed by atoms with Gasteiger partial charge in [-0.05, 0) is 38.1 Å². The first-order valence-corrected chi connectivity index (χ1v) is 9.51. The molecule has 0 radical (unpaired) electrons. The first kappa shape index (κ1) is 18.1. The molecule has 0 aliphatic carbocycles. The van der Waals surface area contributed by atoms with E-state index in [1.54, 1.807) is 43.0 Å². The third-order valence-corrected chi connectivity index (χ3v) is 4.46. The number of ether oxygens (including phenoxy) is 1. The van der Waals surface area contributed by atoms with E-state index in [0.29, 0.717) is 33.6 Å². The third-order valence-electron chi connectivity index (χ3n) is 3.78. The number of hydrogen-bond acceptors (Lipinski definition) is 7. The predicted molar refractivity (Wildman–Crippen MR) is 103 cm³/mol. The first-order valence-electron chi connectivity index (χ1n) is 8.40. The fourth-order valence-electron chi connectivity index (χ4n) is 2.60. The predicted octanol–water partition coefficient (Wildman–Crippen LogP) is 2.63. The molecule has 4 rings (SSSR count). The molecule has 3 aromatic heterocycles. The molecule has 28 heavy (non-hydrogen) atoms. The van der Waals surface area contributed by atoms with Crippen LogP contribution in [-0.4, -0.2) is 44.6 Å². The second-order valence-electron chi connectivity index (χ2n) is 6.18. The Hall–Kier alpha value is -3.31. The monoisotopic (exact) mass is 399 g/mol. The molecule has 0 bridgehead atoms. The highest BCUT2D eigenvalue weighted by molar-refractivity contribution is 7.79. The Labute approximate surface area is 162 Å². The van der Waals surface area contributed by atoms with Crippen LogP contribution in [0.15, 0.2) is 47.9 Å². The van der Waals surface area contributed by atoms with Crippen LogP contribution in [0.25, 0.3) is 16.9 Å². The zero-order valence-electron chi connectivity index (χ0n) is 15.0. The smallest absolute Gasteiger partial charge is 0.247 e. The van der Waals surface area contributed by atoms with Crippen LogP contribution in [0.5, 0.6) is 5.75 Å². The highest BCUT2D eigenvalue weighted by atomic mass is 32.2. The molecule has 1 aromatic carbocycles. The van der Waals surface area contributed by atoms with E-state index >= 15 is 0 Å². The molecule has 1 atom stereocenters. The third kappa shape index (κ3) is 3.57. The van der Waals surface area contributed by atoms with Crippen molar-refractivity contribution in [1.29, 1.82) is 0 Å². The van der Waals surface area contributed by atoms with Gasteiger partial charge in [-0.3, -0.25) is 5.10 Å². The lowest BCUT2D eigenvalue weighted by atomic mass is 10.2. The Kier molecular flexibility index (Phi) is 4.75. The van der Waals surface area contributed by atoms with Gasteiger partial charge in [0.2, 0.25) is 11.6 Å². The average Bonchev–Trinajstić information content (AvgIpc) is 3.31. The van der Waals surface area contributed by atoms with Crippen molar-refractivity contribution in [3.05, 3.63) is 43.0 Å². The molecule has 4 aromatic rings. The number of nitrogens with zero attached hydrogens (tertiary/aromatic N) is 5. The van der Waals surface area contributed by atoms with Gasteiger partial charge in [0.15, 0.2) is 16.8 Å². The van der Waals surface area contributed by atoms with Crippen molar-refractivity contribution in [2.75, 3.05) is 5.32 Å². The van der Waals surface area contributed by atoms with Crippen LogP contribution in [0.1, 0.15) is 13.8 Å². The van der Waals surface area contributed by atoms with Gasteiger partial charge in [-0.2, -0.15) is 14.6 Å². The lowest BCUT2D eigenvalue weighted by molar-refractivity contribution is 0.244. The molecule has 3 heterocycles. The highest BCUT2D eigenvalue weighted by Gasteiger charge is 2.19. The van der Waals surface area contributed by atoms with E-state index in [0.717, 1.165) is 5.56 Å². The van der Waals surface area contributed by atoms with E-state index < -0.39 is 11.1 Å². The van der Waals surface area contributed by atoms with Crippen LogP contribution >= 0.6 is 0 Å². The number of fused-ring (bicyclic) bond motifs is 1. The van der Waals surface area contributed by atoms with Gasteiger partial charge in [-0.1, -0.05) is 0 Å². The molecule has 11 heteroatoms. The maximum Gasteiger partial charge on any atom is 0.247 e. The van der Waals surface area contributed by atoms with Gasteiger partial charge in [0.25, 0.3) is 0 Å². The lowest BCUT2D eigenvalue weighted by Gasteiger charge is -2.12. The normalized spacial score (nSPS) is 12.4. The molecule has 0 amide bonds. The fourth-order valence-corrected chi connectivity index (χ4v) is 2.97. The van der Waals surface area contributed by atoms with Gasteiger partial charge in [0, 0.05) is 17.4 Å². The Morgan fingerprint density at radius 2 is 2.07 bits per heavy atom. The largest absolute Gasteiger partial charge is 0.485 e. The fraction of sp³-hybridized carbons (Fsp3) is 0.176. The highest BCUT2D eigenvalue weighted by Crippen LogP contribution is 2.32. The Morgan fingerprint density at radius 1 is 1.29 bits per heavy atom. The van der Waals surface area contributed by atoms with Crippen molar-refractivity contribution in [3.63, 3.8) is 0 Å². The molecular weight excluding hydrogens is 382 g/mol. The molecule has 0 aliphatic rings. The van der Waals surface area contributed by atoms with Gasteiger partial charge in [0.1, 0.15) is 12.0 Å². The molecule has 144 valence electrons. The second kappa shape index (κ2) is 7.37. The minimum absolute atomic E-state index is 0.0846. The summed E-state index contributed by atoms with van der Waals surface area (Å²) in [5.74, 6) is 0.850. The van der Waals surface area contributed by atoms with Crippen molar-refractivity contribution in [3.8, 4) is 17.0 Å². The van der Waals surface area contributed by atoms with Crippen LogP contribution in [0.2, 0.25) is 0 Å². The summed E-state index contributed by atoms with van der Waals surface area (Å²) >= 11 is -2.02. The van der Waals surface area contributed by atoms with Gasteiger partial charge < -0.3 is 14.6 Å². The summed E-state index contributed by atoms with van der Waals surface area (Å²) in [5, 5.41) is 14.2. The van der Waals surface area contributed by atoms with Crippen LogP contribution in [0.4, 0.5) is 11.6 Å². The standard InChI is InChI=1S/C17H17N7O3S/c1-10(2)27-15-14(11-7-19-20-8-11)18-9-24-16(15)22-17(23-24)21-12-3-5-13(6-4-12)28(25)26/h3-10H,1-2H3,(H,19,20)(H,21,23)(H,25,26). The van der Waals surface area contributed by atoms with Gasteiger partial charge in [-0.25, -0.2) is 9.19 Å². The summed E-state index contributed by atoms with van der Waals surface area (Å²) in [6.07, 6.45) is 4.86. The average molecular weight is 399 g/mol. The molecule has 0 fully saturated rings. The van der Waals surface area contributed by atoms with E-state index in [2.05, 4.69) is 30.6 Å². The Balaban J connectivity index is 1.72. The maximum atomic E-state index is 11.1. The van der Waals surface area contributed by atoms with Gasteiger partial charge in [-0.15, -0.1) is 5.10 Å². The lowest BCUT2D eigenvalue weighted by Crippen LogP contribution is -2.09. The van der Waals surface area contributed by atoms with Crippen molar-refractivity contribution in [1.82, 2.24) is 29.8 Å². The molecule has 0 spiro atoms. The van der Waals surface area contributed by atoms with Crippen molar-refractivity contribution in [2.45, 2.75) is 24.8 Å². The summed E-state index contributed by atoms with van der Waals surface area (Å²) in [6.45, 7) is 3.84. The van der Waals surface area contributed by atoms with E-state index in [1.165, 1.54) is 4.52 Å². The number of rotatable bonds is 6. The van der Waals surface area contributed by atoms with Crippen LogP contribution in [-0.2, 0) is 11.1 Å². The maximum absolute atomic E-state index is 11.1. The minimum atomic E-state index is -2.02. The van der Waals surface area contributed by atoms with Crippen molar-refractivity contribution < 1.29 is 13.5 Å². The summed E-state index contributed by atoms with van der Waals surface area (Å²) in [5.41, 5.74) is 2.59. The van der Waals surface area contributed by atoms with Crippen LogP contribution in [0, 0.1) is 0 Å². The summed E-state index contributed by atoms with van der Waals surface area (Å²) < 4.78 is 27.7. The quantitative estimate of drug-likeness (QED) is 0.422. The van der Waals surface area contributed by atoms with E-state index in [4.69, 9.17) is 9.29 Å². The molecule has 0 saturated heterocycles. The molecule has 10 nitrogen and oxygen atoms in total. The van der Waals surface area contributed by atoms with E-state index in [1.807, 2.05) is 13.8 Å². The minimum Gasteiger partial charge on any atom is -0.485 e. The first-order chi connectivity index (χ1) is 13.5. The number of hydrogen-bond donors (Lipinski definition) is 3. The molecule has 3 N–H and O–H groups in total. The number of aromatic amines is 1. The summed E-state index contributed by atoms with van der Waals surface area (Å²) in [7, 11) is 0. The molecule has 0 aliphatic heterocycles. The van der Waals surface area contributed by atoms with Crippen LogP contribution < -0.4 is 10.1 Å². The van der Waals surface area contributed by atoms with E-state index in [9.17, 15) is 4.21 Å². The van der Waals surface area contributed by atoms with Gasteiger partial charge in [0.05, 0.1) is 17.2 Å². The number of H-pyrrole nitrogens is 1. The SMILES string of the molecule is CC(C)Oc1c(-c2cn[nH]c2)ncn2nc(Nc3ccc(S(=O)O)cc3)nc12. The van der Waals surface area contributed by atoms with Crippen molar-refractivity contribution in [2.24, 2.45) is 0 Å². The zero-order chi connectivity index (χ0) is 19.7. The topological polar surface area (TPSA) is 130 Å². The number of anilines is 2. The Bertz CT molecular complexity index is 1120. The second-order valence-corrected chi connectivity index (χ2v) is 7.15. The van der Waals surface area contributed by atoms with E-state index in [-0.39, 0.29) is 6.10 Å². The molecular formula is C17H17N7O3S. The summed E-state index contributed by atoms with van der Waals surface area (Å²) in [6, 6.07) is 6.46. The van der Waals surface area contributed by atoms with Crippen LogP contribution in [0.3, 0.4) is 0 Å². The number of benzene rings is 1. The zero-order valence-corrected chi connectivity index (χ0v) is 15.8. The molecule has 0 saturated carbocycles. The number of aromatic nitrogens is 6.